The first-order chi connectivity index (χ1) is 16.7. The Hall–Kier alpha value is -3.92. The normalized spacial score (nSPS) is 11.2. The molecule has 0 aliphatic heterocycles. The Balaban J connectivity index is 1.66. The van der Waals surface area contributed by atoms with Crippen LogP contribution in [-0.2, 0) is 0 Å². The third kappa shape index (κ3) is 4.44. The highest BCUT2D eigenvalue weighted by molar-refractivity contribution is 6.13. The van der Waals surface area contributed by atoms with Gasteiger partial charge < -0.3 is 9.84 Å². The summed E-state index contributed by atoms with van der Waals surface area (Å²) < 4.78 is 6.08. The lowest BCUT2D eigenvalue weighted by Gasteiger charge is -2.14. The summed E-state index contributed by atoms with van der Waals surface area (Å²) in [6.07, 6.45) is 4.50. The Labute approximate surface area is 199 Å². The molecule has 0 bridgehead atoms. The van der Waals surface area contributed by atoms with Crippen LogP contribution in [0, 0.1) is 0 Å². The van der Waals surface area contributed by atoms with Gasteiger partial charge in [-0.05, 0) is 46.2 Å². The lowest BCUT2D eigenvalue weighted by Crippen LogP contribution is -2.02. The summed E-state index contributed by atoms with van der Waals surface area (Å²) >= 11 is 0. The molecule has 34 heavy (non-hydrogen) atoms. The fraction of sp³-hybridized carbons (Fsp3) is 0.200. The minimum atomic E-state index is 0.150. The standard InChI is InChI=1S/C30H28N2O2/c1-2-3-4-11-18-34-29-20-27(31-30(32-29)25-16-9-10-17-28(25)33)26-19-21-12-5-6-13-22(21)23-14-7-8-15-24(23)26/h5-10,12-17,19-20,33H,2-4,11,18H2,1H3. The van der Waals surface area contributed by atoms with Crippen LogP contribution in [0.25, 0.3) is 44.2 Å². The van der Waals surface area contributed by atoms with E-state index in [0.29, 0.717) is 23.9 Å². The van der Waals surface area contributed by atoms with Crippen LogP contribution in [0.2, 0.25) is 0 Å². The highest BCUT2D eigenvalue weighted by Gasteiger charge is 2.15. The van der Waals surface area contributed by atoms with Crippen molar-refractivity contribution in [2.45, 2.75) is 32.6 Å². The number of phenols is 1. The summed E-state index contributed by atoms with van der Waals surface area (Å²) in [4.78, 5) is 9.56. The smallest absolute Gasteiger partial charge is 0.217 e. The van der Waals surface area contributed by atoms with Crippen molar-refractivity contribution in [2.75, 3.05) is 6.61 Å². The van der Waals surface area contributed by atoms with Crippen molar-refractivity contribution in [3.05, 3.63) is 84.9 Å². The van der Waals surface area contributed by atoms with Gasteiger partial charge in [-0.15, -0.1) is 0 Å². The Morgan fingerprint density at radius 3 is 2.26 bits per heavy atom. The zero-order valence-corrected chi connectivity index (χ0v) is 19.4. The third-order valence-electron chi connectivity index (χ3n) is 6.14. The molecular formula is C30H28N2O2. The number of hydrogen-bond acceptors (Lipinski definition) is 4. The van der Waals surface area contributed by atoms with Gasteiger partial charge in [-0.1, -0.05) is 86.8 Å². The van der Waals surface area contributed by atoms with Crippen molar-refractivity contribution in [1.29, 1.82) is 0 Å². The van der Waals surface area contributed by atoms with Crippen LogP contribution in [0.4, 0.5) is 0 Å². The fourth-order valence-corrected chi connectivity index (χ4v) is 4.39. The van der Waals surface area contributed by atoms with E-state index >= 15 is 0 Å². The van der Waals surface area contributed by atoms with Crippen molar-refractivity contribution in [3.63, 3.8) is 0 Å². The predicted octanol–water partition coefficient (Wildman–Crippen LogP) is 7.78. The lowest BCUT2D eigenvalue weighted by atomic mass is 9.95. The minimum absolute atomic E-state index is 0.150. The summed E-state index contributed by atoms with van der Waals surface area (Å²) in [5.41, 5.74) is 2.38. The van der Waals surface area contributed by atoms with Crippen LogP contribution >= 0.6 is 0 Å². The van der Waals surface area contributed by atoms with Gasteiger partial charge in [-0.3, -0.25) is 0 Å². The molecule has 0 aliphatic carbocycles. The van der Waals surface area contributed by atoms with E-state index in [0.717, 1.165) is 34.9 Å². The van der Waals surface area contributed by atoms with Gasteiger partial charge in [0.25, 0.3) is 0 Å². The summed E-state index contributed by atoms with van der Waals surface area (Å²) in [7, 11) is 0. The number of ether oxygens (including phenoxy) is 1. The van der Waals surface area contributed by atoms with E-state index in [1.165, 1.54) is 23.6 Å². The van der Waals surface area contributed by atoms with E-state index in [1.54, 1.807) is 12.1 Å². The Bertz CT molecular complexity index is 1440. The molecule has 4 nitrogen and oxygen atoms in total. The van der Waals surface area contributed by atoms with Crippen LogP contribution in [0.5, 0.6) is 11.6 Å². The van der Waals surface area contributed by atoms with Gasteiger partial charge in [-0.25, -0.2) is 4.98 Å². The quantitative estimate of drug-likeness (QED) is 0.194. The van der Waals surface area contributed by atoms with E-state index in [9.17, 15) is 5.11 Å². The Kier molecular flexibility index (Phi) is 6.39. The van der Waals surface area contributed by atoms with Gasteiger partial charge in [0.1, 0.15) is 5.75 Å². The van der Waals surface area contributed by atoms with Gasteiger partial charge in [0.15, 0.2) is 5.82 Å². The largest absolute Gasteiger partial charge is 0.507 e. The van der Waals surface area contributed by atoms with Crippen molar-refractivity contribution >= 4 is 21.5 Å². The summed E-state index contributed by atoms with van der Waals surface area (Å²) in [5, 5.41) is 15.2. The van der Waals surface area contributed by atoms with Crippen molar-refractivity contribution in [1.82, 2.24) is 9.97 Å². The zero-order chi connectivity index (χ0) is 23.3. The molecule has 0 amide bonds. The summed E-state index contributed by atoms with van der Waals surface area (Å²) in [6, 6.07) is 28.1. The molecule has 0 unspecified atom stereocenters. The Morgan fingerprint density at radius 2 is 1.44 bits per heavy atom. The van der Waals surface area contributed by atoms with Crippen LogP contribution in [0.1, 0.15) is 32.6 Å². The lowest BCUT2D eigenvalue weighted by molar-refractivity contribution is 0.294. The number of rotatable bonds is 8. The molecule has 4 aromatic carbocycles. The number of hydrogen-bond donors (Lipinski definition) is 1. The molecule has 0 spiro atoms. The fourth-order valence-electron chi connectivity index (χ4n) is 4.39. The monoisotopic (exact) mass is 448 g/mol. The number of aromatic hydroxyl groups is 1. The van der Waals surface area contributed by atoms with Crippen LogP contribution in [0.3, 0.4) is 0 Å². The van der Waals surface area contributed by atoms with Gasteiger partial charge >= 0.3 is 0 Å². The average Bonchev–Trinajstić information content (AvgIpc) is 2.88. The van der Waals surface area contributed by atoms with Gasteiger partial charge in [0, 0.05) is 11.6 Å². The highest BCUT2D eigenvalue weighted by atomic mass is 16.5. The minimum Gasteiger partial charge on any atom is -0.507 e. The summed E-state index contributed by atoms with van der Waals surface area (Å²) in [5.74, 6) is 1.13. The first kappa shape index (κ1) is 21.9. The molecule has 4 heteroatoms. The first-order valence-corrected chi connectivity index (χ1v) is 12.0. The highest BCUT2D eigenvalue weighted by Crippen LogP contribution is 2.36. The maximum Gasteiger partial charge on any atom is 0.217 e. The predicted molar refractivity (Wildman–Crippen MR) is 139 cm³/mol. The first-order valence-electron chi connectivity index (χ1n) is 12.0. The van der Waals surface area contributed by atoms with Crippen LogP contribution in [0.15, 0.2) is 84.9 Å². The number of unbranched alkanes of at least 4 members (excludes halogenated alkanes) is 3. The molecule has 1 aromatic heterocycles. The van der Waals surface area contributed by atoms with E-state index in [1.807, 2.05) is 18.2 Å². The second-order valence-corrected chi connectivity index (χ2v) is 8.53. The van der Waals surface area contributed by atoms with Gasteiger partial charge in [0.05, 0.1) is 17.9 Å². The van der Waals surface area contributed by atoms with Crippen LogP contribution in [-0.4, -0.2) is 21.7 Å². The SMILES string of the molecule is CCCCCCOc1cc(-c2cc3ccccc3c3ccccc23)nc(-c2ccccc2O)n1. The molecule has 1 heterocycles. The number of fused-ring (bicyclic) bond motifs is 3. The Morgan fingerprint density at radius 1 is 0.706 bits per heavy atom. The van der Waals surface area contributed by atoms with Crippen molar-refractivity contribution < 1.29 is 9.84 Å². The molecular weight excluding hydrogens is 420 g/mol. The van der Waals surface area contributed by atoms with Crippen LogP contribution < -0.4 is 4.74 Å². The molecule has 0 radical (unpaired) electrons. The van der Waals surface area contributed by atoms with Gasteiger partial charge in [-0.2, -0.15) is 4.98 Å². The topological polar surface area (TPSA) is 55.2 Å². The molecule has 0 atom stereocenters. The van der Waals surface area contributed by atoms with E-state index in [2.05, 4.69) is 66.5 Å². The molecule has 0 saturated heterocycles. The second kappa shape index (κ2) is 9.92. The number of phenolic OH excluding ortho intramolecular Hbond substituents is 1. The molecule has 5 rings (SSSR count). The van der Waals surface area contributed by atoms with Crippen molar-refractivity contribution in [3.8, 4) is 34.3 Å². The van der Waals surface area contributed by atoms with Gasteiger partial charge in [0.2, 0.25) is 5.88 Å². The zero-order valence-electron chi connectivity index (χ0n) is 19.4. The molecule has 0 saturated carbocycles. The maximum absolute atomic E-state index is 10.5. The molecule has 0 fully saturated rings. The number of benzene rings is 4. The van der Waals surface area contributed by atoms with E-state index in [4.69, 9.17) is 9.72 Å². The van der Waals surface area contributed by atoms with E-state index < -0.39 is 0 Å². The average molecular weight is 449 g/mol. The molecule has 1 N–H and O–H groups in total. The number of nitrogens with zero attached hydrogens (tertiary/aromatic N) is 2. The number of para-hydroxylation sites is 1. The molecule has 5 aromatic rings. The molecule has 170 valence electrons. The van der Waals surface area contributed by atoms with Crippen molar-refractivity contribution in [2.24, 2.45) is 0 Å². The third-order valence-corrected chi connectivity index (χ3v) is 6.14. The second-order valence-electron chi connectivity index (χ2n) is 8.53. The van der Waals surface area contributed by atoms with E-state index in [-0.39, 0.29) is 5.75 Å². The molecule has 0 aliphatic rings. The maximum atomic E-state index is 10.5. The number of aromatic nitrogens is 2. The summed E-state index contributed by atoms with van der Waals surface area (Å²) in [6.45, 7) is 2.80.